The predicted octanol–water partition coefficient (Wildman–Crippen LogP) is 3.31. The van der Waals surface area contributed by atoms with Crippen LogP contribution in [-0.4, -0.2) is 51.9 Å². The van der Waals surface area contributed by atoms with Crippen LogP contribution in [0, 0.1) is 5.92 Å². The van der Waals surface area contributed by atoms with Gasteiger partial charge in [-0.2, -0.15) is 5.10 Å². The molecule has 168 valence electrons. The van der Waals surface area contributed by atoms with Crippen molar-refractivity contribution in [2.24, 2.45) is 5.92 Å². The van der Waals surface area contributed by atoms with E-state index < -0.39 is 0 Å². The summed E-state index contributed by atoms with van der Waals surface area (Å²) in [5.41, 5.74) is 4.15. The zero-order chi connectivity index (χ0) is 22.2. The van der Waals surface area contributed by atoms with Gasteiger partial charge in [-0.25, -0.2) is 0 Å². The second-order valence-electron chi connectivity index (χ2n) is 8.58. The standard InChI is InChI=1S/C26H32N4O2/c31-20-22-10-7-14-29(15-13-22)19-25(32)27-16-24-18-30(17-21-8-3-1-4-9-21)28-26(24)23-11-5-2-6-12-23/h1-6,8-9,11-12,18,22,31H,7,10,13-17,19-20H2,(H,27,32). The molecule has 4 rings (SSSR count). The Balaban J connectivity index is 1.42. The van der Waals surface area contributed by atoms with Crippen molar-refractivity contribution >= 4 is 5.91 Å². The summed E-state index contributed by atoms with van der Waals surface area (Å²) in [6.45, 7) is 3.56. The van der Waals surface area contributed by atoms with E-state index in [0.29, 0.717) is 25.6 Å². The molecule has 1 aliphatic heterocycles. The van der Waals surface area contributed by atoms with Crippen LogP contribution in [0.25, 0.3) is 11.3 Å². The second-order valence-corrected chi connectivity index (χ2v) is 8.58. The van der Waals surface area contributed by atoms with E-state index in [1.165, 1.54) is 5.56 Å². The molecule has 2 aromatic carbocycles. The van der Waals surface area contributed by atoms with Crippen molar-refractivity contribution in [2.75, 3.05) is 26.2 Å². The summed E-state index contributed by atoms with van der Waals surface area (Å²) in [5.74, 6) is 0.397. The monoisotopic (exact) mass is 432 g/mol. The van der Waals surface area contributed by atoms with Gasteiger partial charge in [-0.05, 0) is 43.8 Å². The van der Waals surface area contributed by atoms with Gasteiger partial charge in [-0.3, -0.25) is 14.4 Å². The fourth-order valence-electron chi connectivity index (χ4n) is 4.30. The van der Waals surface area contributed by atoms with Crippen molar-refractivity contribution in [3.05, 3.63) is 78.0 Å². The number of hydrogen-bond acceptors (Lipinski definition) is 4. The van der Waals surface area contributed by atoms with Crippen molar-refractivity contribution in [1.82, 2.24) is 20.0 Å². The van der Waals surface area contributed by atoms with Gasteiger partial charge in [-0.15, -0.1) is 0 Å². The minimum atomic E-state index is 0.0299. The number of aliphatic hydroxyl groups excluding tert-OH is 1. The van der Waals surface area contributed by atoms with E-state index in [-0.39, 0.29) is 12.5 Å². The molecule has 0 aliphatic carbocycles. The molecule has 1 amide bonds. The zero-order valence-electron chi connectivity index (χ0n) is 18.5. The molecular weight excluding hydrogens is 400 g/mol. The Morgan fingerprint density at radius 3 is 2.53 bits per heavy atom. The fraction of sp³-hybridized carbons (Fsp3) is 0.385. The predicted molar refractivity (Wildman–Crippen MR) is 126 cm³/mol. The normalized spacial score (nSPS) is 17.1. The molecule has 1 fully saturated rings. The van der Waals surface area contributed by atoms with Crippen LogP contribution in [0.1, 0.15) is 30.4 Å². The van der Waals surface area contributed by atoms with Gasteiger partial charge in [-0.1, -0.05) is 60.7 Å². The molecular formula is C26H32N4O2. The Kier molecular flexibility index (Phi) is 7.69. The molecule has 3 aromatic rings. The maximum absolute atomic E-state index is 12.7. The number of hydrogen-bond donors (Lipinski definition) is 2. The molecule has 2 N–H and O–H groups in total. The lowest BCUT2D eigenvalue weighted by molar-refractivity contribution is -0.122. The first-order valence-corrected chi connectivity index (χ1v) is 11.5. The maximum Gasteiger partial charge on any atom is 0.234 e. The van der Waals surface area contributed by atoms with Crippen LogP contribution in [0.5, 0.6) is 0 Å². The van der Waals surface area contributed by atoms with Gasteiger partial charge in [0.25, 0.3) is 0 Å². The minimum Gasteiger partial charge on any atom is -0.396 e. The van der Waals surface area contributed by atoms with Crippen molar-refractivity contribution in [3.8, 4) is 11.3 Å². The second kappa shape index (κ2) is 11.1. The molecule has 1 atom stereocenters. The van der Waals surface area contributed by atoms with Crippen LogP contribution < -0.4 is 5.32 Å². The van der Waals surface area contributed by atoms with Crippen LogP contribution >= 0.6 is 0 Å². The Morgan fingerprint density at radius 2 is 1.78 bits per heavy atom. The lowest BCUT2D eigenvalue weighted by atomic mass is 10.0. The number of aromatic nitrogens is 2. The first-order chi connectivity index (χ1) is 15.7. The van der Waals surface area contributed by atoms with Gasteiger partial charge in [0, 0.05) is 30.5 Å². The Labute approximate surface area is 189 Å². The van der Waals surface area contributed by atoms with Crippen LogP contribution in [-0.2, 0) is 17.9 Å². The average Bonchev–Trinajstić information content (AvgIpc) is 3.09. The molecule has 1 aliphatic rings. The fourth-order valence-corrected chi connectivity index (χ4v) is 4.30. The van der Waals surface area contributed by atoms with E-state index >= 15 is 0 Å². The van der Waals surface area contributed by atoms with Gasteiger partial charge in [0.2, 0.25) is 5.91 Å². The molecule has 2 heterocycles. The summed E-state index contributed by atoms with van der Waals surface area (Å²) in [6, 6.07) is 20.4. The molecule has 0 radical (unpaired) electrons. The summed E-state index contributed by atoms with van der Waals surface area (Å²) in [5, 5.41) is 17.3. The van der Waals surface area contributed by atoms with E-state index in [9.17, 15) is 9.90 Å². The van der Waals surface area contributed by atoms with Crippen molar-refractivity contribution in [2.45, 2.75) is 32.4 Å². The smallest absolute Gasteiger partial charge is 0.234 e. The summed E-state index contributed by atoms with van der Waals surface area (Å²) in [7, 11) is 0. The Morgan fingerprint density at radius 1 is 1.03 bits per heavy atom. The third-order valence-electron chi connectivity index (χ3n) is 6.11. The number of benzene rings is 2. The summed E-state index contributed by atoms with van der Waals surface area (Å²) in [4.78, 5) is 14.9. The van der Waals surface area contributed by atoms with Crippen molar-refractivity contribution in [3.63, 3.8) is 0 Å². The highest BCUT2D eigenvalue weighted by Crippen LogP contribution is 2.22. The number of nitrogens with zero attached hydrogens (tertiary/aromatic N) is 3. The molecule has 6 heteroatoms. The van der Waals surface area contributed by atoms with E-state index in [1.54, 1.807) is 0 Å². The molecule has 1 aromatic heterocycles. The molecule has 0 saturated carbocycles. The topological polar surface area (TPSA) is 70.4 Å². The first-order valence-electron chi connectivity index (χ1n) is 11.5. The zero-order valence-corrected chi connectivity index (χ0v) is 18.5. The number of nitrogens with one attached hydrogen (secondary N) is 1. The number of rotatable bonds is 8. The van der Waals surface area contributed by atoms with E-state index in [1.807, 2.05) is 47.3 Å². The lowest BCUT2D eigenvalue weighted by Gasteiger charge is -2.19. The van der Waals surface area contributed by atoms with Crippen molar-refractivity contribution < 1.29 is 9.90 Å². The quantitative estimate of drug-likeness (QED) is 0.573. The molecule has 1 unspecified atom stereocenters. The summed E-state index contributed by atoms with van der Waals surface area (Å²) in [6.07, 6.45) is 5.06. The highest BCUT2D eigenvalue weighted by atomic mass is 16.3. The average molecular weight is 433 g/mol. The van der Waals surface area contributed by atoms with E-state index in [0.717, 1.165) is 49.2 Å². The van der Waals surface area contributed by atoms with Gasteiger partial charge in [0.05, 0.1) is 18.8 Å². The lowest BCUT2D eigenvalue weighted by Crippen LogP contribution is -2.37. The number of carbonyl (C=O) groups is 1. The Bertz CT molecular complexity index is 988. The third kappa shape index (κ3) is 6.05. The molecule has 0 bridgehead atoms. The SMILES string of the molecule is O=C(CN1CCCC(CO)CC1)NCc1cn(Cc2ccccc2)nc1-c1ccccc1. The van der Waals surface area contributed by atoms with E-state index in [2.05, 4.69) is 34.5 Å². The molecule has 6 nitrogen and oxygen atoms in total. The Hall–Kier alpha value is -2.96. The van der Waals surface area contributed by atoms with Gasteiger partial charge in [0.1, 0.15) is 0 Å². The number of amides is 1. The van der Waals surface area contributed by atoms with Gasteiger partial charge >= 0.3 is 0 Å². The van der Waals surface area contributed by atoms with Crippen LogP contribution in [0.4, 0.5) is 0 Å². The molecule has 32 heavy (non-hydrogen) atoms. The highest BCUT2D eigenvalue weighted by Gasteiger charge is 2.19. The van der Waals surface area contributed by atoms with E-state index in [4.69, 9.17) is 5.10 Å². The van der Waals surface area contributed by atoms with Crippen LogP contribution in [0.3, 0.4) is 0 Å². The maximum atomic E-state index is 12.7. The largest absolute Gasteiger partial charge is 0.396 e. The number of likely N-dealkylation sites (tertiary alicyclic amines) is 1. The third-order valence-corrected chi connectivity index (χ3v) is 6.11. The minimum absolute atomic E-state index is 0.0299. The number of aliphatic hydroxyl groups is 1. The molecule has 1 saturated heterocycles. The molecule has 0 spiro atoms. The van der Waals surface area contributed by atoms with Crippen molar-refractivity contribution in [1.29, 1.82) is 0 Å². The highest BCUT2D eigenvalue weighted by molar-refractivity contribution is 5.78. The number of carbonyl (C=O) groups excluding carboxylic acids is 1. The summed E-state index contributed by atoms with van der Waals surface area (Å²) < 4.78 is 1.95. The van der Waals surface area contributed by atoms with Gasteiger partial charge in [0.15, 0.2) is 0 Å². The van der Waals surface area contributed by atoms with Crippen LogP contribution in [0.2, 0.25) is 0 Å². The summed E-state index contributed by atoms with van der Waals surface area (Å²) >= 11 is 0. The first kappa shape index (κ1) is 22.2. The van der Waals surface area contributed by atoms with Crippen LogP contribution in [0.15, 0.2) is 66.9 Å². The van der Waals surface area contributed by atoms with Gasteiger partial charge < -0.3 is 10.4 Å².